The van der Waals surface area contributed by atoms with Crippen molar-refractivity contribution in [2.45, 2.75) is 13.0 Å². The minimum Gasteiger partial charge on any atom is -0.282 e. The number of nitrogens with zero attached hydrogens (tertiary/aromatic N) is 1. The van der Waals surface area contributed by atoms with Crippen LogP contribution in [0.3, 0.4) is 0 Å². The summed E-state index contributed by atoms with van der Waals surface area (Å²) in [5.74, 6) is -0.568. The molecule has 0 saturated heterocycles. The van der Waals surface area contributed by atoms with Crippen molar-refractivity contribution in [2.24, 2.45) is 0 Å². The largest absolute Gasteiger partial charge is 0.317 e. The van der Waals surface area contributed by atoms with Crippen molar-refractivity contribution in [2.75, 3.05) is 6.54 Å². The van der Waals surface area contributed by atoms with Gasteiger partial charge in [-0.15, -0.1) is 0 Å². The highest BCUT2D eigenvalue weighted by Crippen LogP contribution is 2.20. The van der Waals surface area contributed by atoms with E-state index in [1.54, 1.807) is 18.2 Å². The zero-order chi connectivity index (χ0) is 10.1. The second-order valence-corrected chi connectivity index (χ2v) is 3.18. The Morgan fingerprint density at radius 3 is 2.71 bits per heavy atom. The molecule has 0 saturated carbocycles. The quantitative estimate of drug-likeness (QED) is 0.630. The molecule has 1 aliphatic heterocycles. The van der Waals surface area contributed by atoms with E-state index in [1.165, 1.54) is 0 Å². The molecule has 0 aliphatic carbocycles. The minimum absolute atomic E-state index is 0.105. The van der Waals surface area contributed by atoms with Crippen LogP contribution in [-0.4, -0.2) is 23.9 Å². The molecular formula is C10H9F2NO. The van der Waals surface area contributed by atoms with Crippen molar-refractivity contribution in [1.82, 2.24) is 4.90 Å². The summed E-state index contributed by atoms with van der Waals surface area (Å²) in [7, 11) is 0. The Hall–Kier alpha value is -1.45. The van der Waals surface area contributed by atoms with Crippen molar-refractivity contribution >= 4 is 5.91 Å². The minimum atomic E-state index is -2.70. The zero-order valence-electron chi connectivity index (χ0n) is 7.41. The number of rotatable bonds is 1. The van der Waals surface area contributed by atoms with Gasteiger partial charge in [0.15, 0.2) is 0 Å². The fourth-order valence-electron chi connectivity index (χ4n) is 1.63. The van der Waals surface area contributed by atoms with E-state index < -0.39 is 12.5 Å². The Labute approximate surface area is 80.1 Å². The maximum Gasteiger partial charge on any atom is 0.317 e. The van der Waals surface area contributed by atoms with Gasteiger partial charge >= 0.3 is 6.55 Å². The van der Waals surface area contributed by atoms with Gasteiger partial charge in [0.25, 0.3) is 5.91 Å². The molecule has 0 spiro atoms. The summed E-state index contributed by atoms with van der Waals surface area (Å²) in [6, 6.07) is 6.89. The molecule has 0 N–H and O–H groups in total. The Morgan fingerprint density at radius 2 is 2.00 bits per heavy atom. The molecule has 2 nitrogen and oxygen atoms in total. The number of benzene rings is 1. The SMILES string of the molecule is O=C1c2ccccc2CCN1C(F)F. The molecule has 1 aromatic carbocycles. The number of hydrogen-bond donors (Lipinski definition) is 0. The summed E-state index contributed by atoms with van der Waals surface area (Å²) in [5.41, 5.74) is 1.26. The van der Waals surface area contributed by atoms with Crippen LogP contribution in [0.1, 0.15) is 15.9 Å². The van der Waals surface area contributed by atoms with Gasteiger partial charge < -0.3 is 0 Å². The number of amides is 1. The van der Waals surface area contributed by atoms with E-state index in [1.807, 2.05) is 6.07 Å². The third-order valence-corrected chi connectivity index (χ3v) is 2.37. The van der Waals surface area contributed by atoms with Crippen molar-refractivity contribution in [3.8, 4) is 0 Å². The van der Waals surface area contributed by atoms with Gasteiger partial charge in [0.1, 0.15) is 0 Å². The number of hydrogen-bond acceptors (Lipinski definition) is 1. The standard InChI is InChI=1S/C10H9F2NO/c11-10(12)13-6-5-7-3-1-2-4-8(7)9(13)14/h1-4,10H,5-6H2. The van der Waals surface area contributed by atoms with Gasteiger partial charge in [0, 0.05) is 12.1 Å². The molecule has 74 valence electrons. The molecule has 0 unspecified atom stereocenters. The molecule has 0 radical (unpaired) electrons. The molecule has 1 amide bonds. The lowest BCUT2D eigenvalue weighted by molar-refractivity contribution is -0.0160. The maximum absolute atomic E-state index is 12.4. The fraction of sp³-hybridized carbons (Fsp3) is 0.300. The van der Waals surface area contributed by atoms with Crippen LogP contribution in [0.5, 0.6) is 0 Å². The van der Waals surface area contributed by atoms with Crippen LogP contribution in [0.25, 0.3) is 0 Å². The highest BCUT2D eigenvalue weighted by atomic mass is 19.3. The van der Waals surface area contributed by atoms with E-state index in [2.05, 4.69) is 0 Å². The smallest absolute Gasteiger partial charge is 0.282 e. The third kappa shape index (κ3) is 1.36. The molecule has 1 aromatic rings. The zero-order valence-corrected chi connectivity index (χ0v) is 7.41. The first-order valence-corrected chi connectivity index (χ1v) is 4.37. The first kappa shape index (κ1) is 9.12. The first-order chi connectivity index (χ1) is 6.70. The Kier molecular flexibility index (Phi) is 2.19. The van der Waals surface area contributed by atoms with E-state index >= 15 is 0 Å². The number of halogens is 2. The Bertz CT molecular complexity index is 365. The molecule has 0 atom stereocenters. The van der Waals surface area contributed by atoms with Crippen LogP contribution in [0.2, 0.25) is 0 Å². The van der Waals surface area contributed by atoms with Gasteiger partial charge in [-0.25, -0.2) is 0 Å². The lowest BCUT2D eigenvalue weighted by Gasteiger charge is -2.27. The highest BCUT2D eigenvalue weighted by Gasteiger charge is 2.29. The number of carbonyl (C=O) groups excluding carboxylic acids is 1. The fourth-order valence-corrected chi connectivity index (χ4v) is 1.63. The molecule has 0 aromatic heterocycles. The molecule has 1 aliphatic rings. The molecule has 2 rings (SSSR count). The molecule has 0 fully saturated rings. The predicted octanol–water partition coefficient (Wildman–Crippen LogP) is 1.91. The molecule has 1 heterocycles. The van der Waals surface area contributed by atoms with Crippen LogP contribution >= 0.6 is 0 Å². The van der Waals surface area contributed by atoms with Crippen LogP contribution in [0, 0.1) is 0 Å². The van der Waals surface area contributed by atoms with Gasteiger partial charge in [-0.2, -0.15) is 8.78 Å². The van der Waals surface area contributed by atoms with E-state index in [-0.39, 0.29) is 6.54 Å². The summed E-state index contributed by atoms with van der Waals surface area (Å²) >= 11 is 0. The van der Waals surface area contributed by atoms with Crippen LogP contribution in [-0.2, 0) is 6.42 Å². The normalized spacial score (nSPS) is 15.9. The molecule has 14 heavy (non-hydrogen) atoms. The molecule has 0 bridgehead atoms. The molecule has 4 heteroatoms. The lowest BCUT2D eigenvalue weighted by atomic mass is 10.00. The van der Waals surface area contributed by atoms with E-state index in [4.69, 9.17) is 0 Å². The van der Waals surface area contributed by atoms with Gasteiger partial charge in [0.2, 0.25) is 0 Å². The van der Waals surface area contributed by atoms with E-state index in [0.29, 0.717) is 16.9 Å². The van der Waals surface area contributed by atoms with Crippen molar-refractivity contribution in [3.63, 3.8) is 0 Å². The van der Waals surface area contributed by atoms with E-state index in [9.17, 15) is 13.6 Å². The van der Waals surface area contributed by atoms with Crippen molar-refractivity contribution < 1.29 is 13.6 Å². The Morgan fingerprint density at radius 1 is 1.29 bits per heavy atom. The third-order valence-electron chi connectivity index (χ3n) is 2.37. The molecular weight excluding hydrogens is 188 g/mol. The lowest BCUT2D eigenvalue weighted by Crippen LogP contribution is -2.40. The number of alkyl halides is 2. The van der Waals surface area contributed by atoms with Gasteiger partial charge in [-0.1, -0.05) is 18.2 Å². The van der Waals surface area contributed by atoms with Gasteiger partial charge in [-0.3, -0.25) is 9.69 Å². The van der Waals surface area contributed by atoms with Crippen LogP contribution in [0.15, 0.2) is 24.3 Å². The second kappa shape index (κ2) is 3.36. The average Bonchev–Trinajstić information content (AvgIpc) is 2.18. The van der Waals surface area contributed by atoms with Gasteiger partial charge in [-0.05, 0) is 18.1 Å². The Balaban J connectivity index is 2.37. The van der Waals surface area contributed by atoms with Crippen LogP contribution in [0.4, 0.5) is 8.78 Å². The summed E-state index contributed by atoms with van der Waals surface area (Å²) in [6.45, 7) is -2.59. The van der Waals surface area contributed by atoms with Crippen molar-refractivity contribution in [3.05, 3.63) is 35.4 Å². The van der Waals surface area contributed by atoms with E-state index in [0.717, 1.165) is 5.56 Å². The van der Waals surface area contributed by atoms with Crippen molar-refractivity contribution in [1.29, 1.82) is 0 Å². The number of fused-ring (bicyclic) bond motifs is 1. The summed E-state index contributed by atoms with van der Waals surface area (Å²) in [6.07, 6.45) is 0.506. The highest BCUT2D eigenvalue weighted by molar-refractivity contribution is 5.96. The maximum atomic E-state index is 12.4. The summed E-state index contributed by atoms with van der Waals surface area (Å²) < 4.78 is 24.7. The monoisotopic (exact) mass is 197 g/mol. The van der Waals surface area contributed by atoms with Crippen LogP contribution < -0.4 is 0 Å². The second-order valence-electron chi connectivity index (χ2n) is 3.18. The summed E-state index contributed by atoms with van der Waals surface area (Å²) in [5, 5.41) is 0. The number of carbonyl (C=O) groups is 1. The van der Waals surface area contributed by atoms with Gasteiger partial charge in [0.05, 0.1) is 0 Å². The first-order valence-electron chi connectivity index (χ1n) is 4.37. The summed E-state index contributed by atoms with van der Waals surface area (Å²) in [4.78, 5) is 12.1. The average molecular weight is 197 g/mol. The topological polar surface area (TPSA) is 20.3 Å². The predicted molar refractivity (Wildman–Crippen MR) is 47.2 cm³/mol.